The van der Waals surface area contributed by atoms with Gasteiger partial charge in [0, 0.05) is 24.1 Å². The highest BCUT2D eigenvalue weighted by Gasteiger charge is 2.42. The van der Waals surface area contributed by atoms with Crippen molar-refractivity contribution in [1.29, 1.82) is 0 Å². The van der Waals surface area contributed by atoms with Gasteiger partial charge in [-0.15, -0.1) is 0 Å². The van der Waals surface area contributed by atoms with Gasteiger partial charge in [0.2, 0.25) is 5.09 Å². The number of Topliss-reactive ketones (excluding diaryl/α,β-unsaturated/α-hetero) is 1. The number of urea groups is 1. The van der Waals surface area contributed by atoms with E-state index in [2.05, 4.69) is 16.1 Å². The lowest BCUT2D eigenvalue weighted by atomic mass is 9.95. The minimum atomic E-state index is -2.55. The molecule has 8 heteroatoms. The molecule has 2 aromatic rings. The Balaban J connectivity index is 1.30. The SMILES string of the molecule is Cc1c(S2(NC(=O)Nc3c4c(cc5c3CCC5)CCC4)OCO2)oc2c1C(=O)CCC2. The van der Waals surface area contributed by atoms with Gasteiger partial charge in [-0.2, -0.15) is 0 Å². The van der Waals surface area contributed by atoms with Crippen molar-refractivity contribution in [3.63, 3.8) is 0 Å². The number of hydrogen-bond donors (Lipinski definition) is 2. The molecular formula is C23H26N2O5S. The van der Waals surface area contributed by atoms with Crippen molar-refractivity contribution in [3.05, 3.63) is 45.2 Å². The third kappa shape index (κ3) is 2.96. The van der Waals surface area contributed by atoms with Crippen LogP contribution in [-0.2, 0) is 40.5 Å². The number of amides is 2. The Labute approximate surface area is 182 Å². The van der Waals surface area contributed by atoms with Crippen molar-refractivity contribution < 1.29 is 22.4 Å². The van der Waals surface area contributed by atoms with Gasteiger partial charge < -0.3 is 9.73 Å². The summed E-state index contributed by atoms with van der Waals surface area (Å²) < 4.78 is 20.5. The number of rotatable bonds is 3. The molecule has 0 bridgehead atoms. The number of nitrogens with one attached hydrogen (secondary N) is 2. The van der Waals surface area contributed by atoms with E-state index in [9.17, 15) is 9.59 Å². The molecule has 4 aliphatic rings. The summed E-state index contributed by atoms with van der Waals surface area (Å²) in [6.45, 7) is 1.93. The Morgan fingerprint density at radius 3 is 2.26 bits per heavy atom. The molecular weight excluding hydrogens is 416 g/mol. The molecule has 2 amide bonds. The summed E-state index contributed by atoms with van der Waals surface area (Å²) in [5.41, 5.74) is 7.59. The number of carbonyl (C=O) groups is 2. The van der Waals surface area contributed by atoms with Crippen LogP contribution in [0.15, 0.2) is 15.6 Å². The number of fused-ring (bicyclic) bond motifs is 3. The van der Waals surface area contributed by atoms with E-state index in [1.54, 1.807) is 0 Å². The summed E-state index contributed by atoms with van der Waals surface area (Å²) >= 11 is 0. The molecule has 2 heterocycles. The predicted molar refractivity (Wildman–Crippen MR) is 116 cm³/mol. The monoisotopic (exact) mass is 442 g/mol. The van der Waals surface area contributed by atoms with E-state index in [1.807, 2.05) is 6.92 Å². The van der Waals surface area contributed by atoms with Gasteiger partial charge >= 0.3 is 6.03 Å². The lowest BCUT2D eigenvalue weighted by molar-refractivity contribution is 0.0368. The molecule has 6 rings (SSSR count). The van der Waals surface area contributed by atoms with Crippen LogP contribution >= 0.6 is 10.8 Å². The van der Waals surface area contributed by atoms with Gasteiger partial charge in [0.25, 0.3) is 0 Å². The molecule has 0 unspecified atom stereocenters. The fraction of sp³-hybridized carbons (Fsp3) is 0.478. The average molecular weight is 443 g/mol. The number of aryl methyl sites for hydroxylation is 3. The maximum absolute atomic E-state index is 13.1. The van der Waals surface area contributed by atoms with E-state index in [-0.39, 0.29) is 18.6 Å². The summed E-state index contributed by atoms with van der Waals surface area (Å²) in [4.78, 5) is 25.5. The fourth-order valence-electron chi connectivity index (χ4n) is 5.47. The fourth-order valence-corrected chi connectivity index (χ4v) is 7.19. The molecule has 1 fully saturated rings. The van der Waals surface area contributed by atoms with Crippen LogP contribution in [0.25, 0.3) is 0 Å². The second kappa shape index (κ2) is 7.12. The van der Waals surface area contributed by atoms with E-state index in [1.165, 1.54) is 22.3 Å². The minimum Gasteiger partial charge on any atom is -0.443 e. The third-order valence-electron chi connectivity index (χ3n) is 6.87. The second-order valence-electron chi connectivity index (χ2n) is 8.74. The van der Waals surface area contributed by atoms with Crippen molar-refractivity contribution in [2.45, 2.75) is 69.8 Å². The molecule has 7 nitrogen and oxygen atoms in total. The highest BCUT2D eigenvalue weighted by Crippen LogP contribution is 2.63. The number of ketones is 1. The number of hydrogen-bond acceptors (Lipinski definition) is 5. The van der Waals surface area contributed by atoms with Crippen LogP contribution in [0.5, 0.6) is 0 Å². The van der Waals surface area contributed by atoms with Gasteiger partial charge in [-0.1, -0.05) is 6.07 Å². The van der Waals surface area contributed by atoms with E-state index in [0.717, 1.165) is 56.2 Å². The minimum absolute atomic E-state index is 0.0856. The lowest BCUT2D eigenvalue weighted by Crippen LogP contribution is -2.40. The van der Waals surface area contributed by atoms with E-state index >= 15 is 0 Å². The van der Waals surface area contributed by atoms with Crippen molar-refractivity contribution in [1.82, 2.24) is 4.72 Å². The third-order valence-corrected chi connectivity index (χ3v) is 9.06. The van der Waals surface area contributed by atoms with Crippen molar-refractivity contribution in [2.24, 2.45) is 0 Å². The molecule has 2 N–H and O–H groups in total. The van der Waals surface area contributed by atoms with E-state index in [4.69, 9.17) is 12.8 Å². The summed E-state index contributed by atoms with van der Waals surface area (Å²) in [6, 6.07) is 1.98. The summed E-state index contributed by atoms with van der Waals surface area (Å²) in [5.74, 6) is 0.762. The Bertz CT molecular complexity index is 1090. The Hall–Kier alpha value is -2.29. The number of anilines is 1. The summed E-state index contributed by atoms with van der Waals surface area (Å²) in [6.07, 6.45) is 8.41. The largest absolute Gasteiger partial charge is 0.443 e. The molecule has 0 saturated carbocycles. The Morgan fingerprint density at radius 1 is 0.968 bits per heavy atom. The molecule has 1 saturated heterocycles. The van der Waals surface area contributed by atoms with Crippen molar-refractivity contribution in [3.8, 4) is 0 Å². The maximum Gasteiger partial charge on any atom is 0.337 e. The van der Waals surface area contributed by atoms with Gasteiger partial charge in [-0.25, -0.2) is 17.9 Å². The molecule has 31 heavy (non-hydrogen) atoms. The van der Waals surface area contributed by atoms with E-state index < -0.39 is 10.8 Å². The Morgan fingerprint density at radius 2 is 1.65 bits per heavy atom. The van der Waals surface area contributed by atoms with Gasteiger partial charge in [0.15, 0.2) is 12.6 Å². The van der Waals surface area contributed by atoms with Crippen LogP contribution in [0.4, 0.5) is 10.5 Å². The van der Waals surface area contributed by atoms with Gasteiger partial charge in [0.1, 0.15) is 5.76 Å². The highest BCUT2D eigenvalue weighted by molar-refractivity contribution is 8.25. The summed E-state index contributed by atoms with van der Waals surface area (Å²) in [7, 11) is -2.55. The normalized spacial score (nSPS) is 21.6. The summed E-state index contributed by atoms with van der Waals surface area (Å²) in [5, 5.41) is 3.57. The van der Waals surface area contributed by atoms with Crippen LogP contribution in [0, 0.1) is 6.92 Å². The molecule has 0 spiro atoms. The quantitative estimate of drug-likeness (QED) is 0.711. The van der Waals surface area contributed by atoms with Crippen LogP contribution in [-0.4, -0.2) is 18.6 Å². The Kier molecular flexibility index (Phi) is 4.45. The standard InChI is InChI=1S/C23H26N2O5S/c1-13-20-18(26)9-4-10-19(20)30-22(13)31(28-12-29-31)25-23(27)24-21-16-7-2-5-14(16)11-15-6-3-8-17(15)21/h11H,2-10,12H2,1H3,(H2,24,25,27). The van der Waals surface area contributed by atoms with Gasteiger partial charge in [0.05, 0.1) is 5.56 Å². The molecule has 164 valence electrons. The van der Waals surface area contributed by atoms with Gasteiger partial charge in [-0.3, -0.25) is 4.79 Å². The first-order chi connectivity index (χ1) is 15.1. The van der Waals surface area contributed by atoms with E-state index in [0.29, 0.717) is 29.3 Å². The molecule has 1 aliphatic heterocycles. The number of benzene rings is 1. The average Bonchev–Trinajstić information content (AvgIpc) is 3.44. The zero-order valence-electron chi connectivity index (χ0n) is 17.6. The molecule has 3 aliphatic carbocycles. The van der Waals surface area contributed by atoms with Crippen LogP contribution in [0.2, 0.25) is 0 Å². The van der Waals surface area contributed by atoms with Gasteiger partial charge in [-0.05, 0) is 84.9 Å². The highest BCUT2D eigenvalue weighted by atomic mass is 32.3. The maximum atomic E-state index is 13.1. The lowest BCUT2D eigenvalue weighted by Gasteiger charge is -2.47. The predicted octanol–water partition coefficient (Wildman–Crippen LogP) is 4.82. The van der Waals surface area contributed by atoms with Crippen LogP contribution in [0.3, 0.4) is 0 Å². The molecule has 1 aromatic carbocycles. The second-order valence-corrected chi connectivity index (χ2v) is 10.8. The first-order valence-corrected chi connectivity index (χ1v) is 12.6. The zero-order chi connectivity index (χ0) is 21.2. The molecule has 1 aromatic heterocycles. The first kappa shape index (κ1) is 19.4. The number of carbonyl (C=O) groups excluding carboxylic acids is 2. The van der Waals surface area contributed by atoms with Crippen molar-refractivity contribution in [2.75, 3.05) is 12.1 Å². The van der Waals surface area contributed by atoms with Crippen LogP contribution in [0.1, 0.15) is 69.6 Å². The van der Waals surface area contributed by atoms with Crippen LogP contribution < -0.4 is 10.0 Å². The molecule has 0 radical (unpaired) electrons. The first-order valence-electron chi connectivity index (χ1n) is 11.1. The number of furan rings is 1. The molecule has 0 atom stereocenters. The smallest absolute Gasteiger partial charge is 0.337 e. The topological polar surface area (TPSA) is 89.8 Å². The van der Waals surface area contributed by atoms with Crippen molar-refractivity contribution >= 4 is 28.3 Å². The zero-order valence-corrected chi connectivity index (χ0v) is 18.4.